The maximum absolute atomic E-state index is 12.5. The van der Waals surface area contributed by atoms with Crippen LogP contribution >= 0.6 is 0 Å². The lowest BCUT2D eigenvalue weighted by molar-refractivity contribution is 0.0690. The second kappa shape index (κ2) is 6.57. The number of ketones is 2. The Kier molecular flexibility index (Phi) is 4.74. The summed E-state index contributed by atoms with van der Waals surface area (Å²) in [6.45, 7) is 5.62. The molecule has 0 aliphatic carbocycles. The van der Waals surface area contributed by atoms with Gasteiger partial charge in [-0.1, -0.05) is 35.9 Å². The van der Waals surface area contributed by atoms with E-state index >= 15 is 0 Å². The predicted molar refractivity (Wildman–Crippen MR) is 87.3 cm³/mol. The molecule has 0 unspecified atom stereocenters. The average molecular weight is 310 g/mol. The van der Waals surface area contributed by atoms with E-state index in [2.05, 4.69) is 0 Å². The van der Waals surface area contributed by atoms with Crippen LogP contribution in [0.5, 0.6) is 0 Å². The Morgan fingerprint density at radius 3 is 1.91 bits per heavy atom. The highest BCUT2D eigenvalue weighted by molar-refractivity contribution is 6.17. The summed E-state index contributed by atoms with van der Waals surface area (Å²) in [5.74, 6) is -1.94. The summed E-state index contributed by atoms with van der Waals surface area (Å²) >= 11 is 0. The van der Waals surface area contributed by atoms with Crippen molar-refractivity contribution >= 4 is 17.5 Å². The number of aryl methyl sites for hydroxylation is 3. The molecule has 0 aromatic heterocycles. The Balaban J connectivity index is 2.32. The van der Waals surface area contributed by atoms with Crippen molar-refractivity contribution in [3.8, 4) is 0 Å². The maximum Gasteiger partial charge on any atom is 0.336 e. The number of aromatic carboxylic acids is 1. The molecule has 0 heterocycles. The van der Waals surface area contributed by atoms with Crippen molar-refractivity contribution in [3.05, 3.63) is 69.8 Å². The van der Waals surface area contributed by atoms with Crippen LogP contribution in [0.1, 0.15) is 54.2 Å². The monoisotopic (exact) mass is 310 g/mol. The molecule has 0 saturated heterocycles. The topological polar surface area (TPSA) is 71.4 Å². The van der Waals surface area contributed by atoms with E-state index in [4.69, 9.17) is 5.11 Å². The lowest BCUT2D eigenvalue weighted by Crippen LogP contribution is -2.14. The van der Waals surface area contributed by atoms with Crippen molar-refractivity contribution < 1.29 is 19.5 Å². The summed E-state index contributed by atoms with van der Waals surface area (Å²) in [6, 6.07) is 9.74. The molecule has 0 aliphatic rings. The van der Waals surface area contributed by atoms with E-state index in [0.29, 0.717) is 5.56 Å². The van der Waals surface area contributed by atoms with Crippen molar-refractivity contribution in [2.24, 2.45) is 0 Å². The van der Waals surface area contributed by atoms with E-state index in [1.165, 1.54) is 12.1 Å². The smallest absolute Gasteiger partial charge is 0.336 e. The number of hydrogen-bond acceptors (Lipinski definition) is 3. The quantitative estimate of drug-likeness (QED) is 0.674. The summed E-state index contributed by atoms with van der Waals surface area (Å²) in [5.41, 5.74) is 3.23. The fraction of sp³-hybridized carbons (Fsp3) is 0.211. The molecule has 0 bridgehead atoms. The number of rotatable bonds is 5. The molecule has 2 aromatic rings. The third-order valence-corrected chi connectivity index (χ3v) is 3.73. The van der Waals surface area contributed by atoms with E-state index < -0.39 is 11.8 Å². The van der Waals surface area contributed by atoms with Gasteiger partial charge < -0.3 is 5.11 Å². The number of hydrogen-bond donors (Lipinski definition) is 1. The molecule has 0 aliphatic heterocycles. The second-order valence-electron chi connectivity index (χ2n) is 5.65. The molecule has 4 heteroatoms. The van der Waals surface area contributed by atoms with Gasteiger partial charge in [0.15, 0.2) is 11.6 Å². The molecule has 4 nitrogen and oxygen atoms in total. The molecular weight excluding hydrogens is 292 g/mol. The summed E-state index contributed by atoms with van der Waals surface area (Å²) in [5, 5.41) is 9.15. The molecular formula is C19H18O4. The van der Waals surface area contributed by atoms with Crippen LogP contribution in [0.25, 0.3) is 0 Å². The van der Waals surface area contributed by atoms with Gasteiger partial charge in [-0.05, 0) is 38.0 Å². The zero-order chi connectivity index (χ0) is 17.1. The van der Waals surface area contributed by atoms with Gasteiger partial charge in [-0.2, -0.15) is 0 Å². The zero-order valence-electron chi connectivity index (χ0n) is 13.3. The summed E-state index contributed by atoms with van der Waals surface area (Å²) in [4.78, 5) is 36.0. The number of Topliss-reactive ketones (excluding diaryl/α,β-unsaturated/α-hetero) is 2. The number of benzene rings is 2. The van der Waals surface area contributed by atoms with Gasteiger partial charge in [0, 0.05) is 11.1 Å². The van der Waals surface area contributed by atoms with Gasteiger partial charge in [-0.3, -0.25) is 9.59 Å². The fourth-order valence-electron chi connectivity index (χ4n) is 2.86. The molecule has 0 spiro atoms. The first-order valence-corrected chi connectivity index (χ1v) is 7.28. The van der Waals surface area contributed by atoms with Gasteiger partial charge in [0.1, 0.15) is 0 Å². The highest BCUT2D eigenvalue weighted by Gasteiger charge is 2.21. The van der Waals surface area contributed by atoms with E-state index in [0.717, 1.165) is 16.7 Å². The van der Waals surface area contributed by atoms with Crippen LogP contribution < -0.4 is 0 Å². The molecule has 2 rings (SSSR count). The molecule has 0 atom stereocenters. The third kappa shape index (κ3) is 3.54. The van der Waals surface area contributed by atoms with Crippen LogP contribution in [-0.2, 0) is 0 Å². The molecule has 2 aromatic carbocycles. The summed E-state index contributed by atoms with van der Waals surface area (Å²) in [7, 11) is 0. The third-order valence-electron chi connectivity index (χ3n) is 3.73. The van der Waals surface area contributed by atoms with E-state index in [9.17, 15) is 14.4 Å². The van der Waals surface area contributed by atoms with Gasteiger partial charge in [-0.25, -0.2) is 4.79 Å². The van der Waals surface area contributed by atoms with Crippen LogP contribution in [0.3, 0.4) is 0 Å². The van der Waals surface area contributed by atoms with E-state index in [1.54, 1.807) is 12.1 Å². The Hall–Kier alpha value is -2.75. The van der Waals surface area contributed by atoms with Crippen LogP contribution in [0, 0.1) is 20.8 Å². The largest absolute Gasteiger partial charge is 0.478 e. The Bertz CT molecular complexity index is 780. The Morgan fingerprint density at radius 2 is 1.39 bits per heavy atom. The molecule has 1 N–H and O–H groups in total. The van der Waals surface area contributed by atoms with Crippen molar-refractivity contribution in [2.75, 3.05) is 0 Å². The first-order chi connectivity index (χ1) is 10.8. The maximum atomic E-state index is 12.5. The van der Waals surface area contributed by atoms with Crippen molar-refractivity contribution in [2.45, 2.75) is 27.2 Å². The average Bonchev–Trinajstić information content (AvgIpc) is 2.45. The van der Waals surface area contributed by atoms with Crippen LogP contribution in [0.2, 0.25) is 0 Å². The molecule has 0 radical (unpaired) electrons. The second-order valence-corrected chi connectivity index (χ2v) is 5.65. The minimum Gasteiger partial charge on any atom is -0.478 e. The molecule has 0 saturated carbocycles. The first kappa shape index (κ1) is 16.6. The number of carboxylic acid groups (broad SMARTS) is 1. The molecule has 0 amide bonds. The number of carbonyl (C=O) groups excluding carboxylic acids is 2. The minimum absolute atomic E-state index is 0.0655. The first-order valence-electron chi connectivity index (χ1n) is 7.28. The Morgan fingerprint density at radius 1 is 0.870 bits per heavy atom. The standard InChI is InChI=1S/C19H18O4/c1-11-8-12(2)18(13(3)9-11)17(21)10-16(20)14-6-4-5-7-15(14)19(22)23/h4-9H,10H2,1-3H3,(H,22,23). The van der Waals surface area contributed by atoms with E-state index in [-0.39, 0.29) is 23.3 Å². The van der Waals surface area contributed by atoms with E-state index in [1.807, 2.05) is 32.9 Å². The number of carboxylic acids is 1. The Labute approximate surface area is 134 Å². The normalized spacial score (nSPS) is 10.4. The molecule has 23 heavy (non-hydrogen) atoms. The number of carbonyl (C=O) groups is 3. The van der Waals surface area contributed by atoms with Crippen molar-refractivity contribution in [1.29, 1.82) is 0 Å². The summed E-state index contributed by atoms with van der Waals surface area (Å²) < 4.78 is 0. The van der Waals surface area contributed by atoms with Crippen molar-refractivity contribution in [3.63, 3.8) is 0 Å². The lowest BCUT2D eigenvalue weighted by atomic mass is 9.92. The fourth-order valence-corrected chi connectivity index (χ4v) is 2.86. The zero-order valence-corrected chi connectivity index (χ0v) is 13.3. The van der Waals surface area contributed by atoms with Gasteiger partial charge in [-0.15, -0.1) is 0 Å². The summed E-state index contributed by atoms with van der Waals surface area (Å²) in [6.07, 6.45) is -0.338. The lowest BCUT2D eigenvalue weighted by Gasteiger charge is -2.10. The van der Waals surface area contributed by atoms with Gasteiger partial charge in [0.25, 0.3) is 0 Å². The SMILES string of the molecule is Cc1cc(C)c(C(=O)CC(=O)c2ccccc2C(=O)O)c(C)c1. The van der Waals surface area contributed by atoms with Crippen LogP contribution in [0.15, 0.2) is 36.4 Å². The molecule has 0 fully saturated rings. The van der Waals surface area contributed by atoms with Crippen molar-refractivity contribution in [1.82, 2.24) is 0 Å². The van der Waals surface area contributed by atoms with Crippen LogP contribution in [-0.4, -0.2) is 22.6 Å². The minimum atomic E-state index is -1.18. The van der Waals surface area contributed by atoms with Gasteiger partial charge >= 0.3 is 5.97 Å². The highest BCUT2D eigenvalue weighted by atomic mass is 16.4. The predicted octanol–water partition coefficient (Wildman–Crippen LogP) is 3.77. The molecule has 118 valence electrons. The van der Waals surface area contributed by atoms with Gasteiger partial charge in [0.05, 0.1) is 12.0 Å². The van der Waals surface area contributed by atoms with Crippen LogP contribution in [0.4, 0.5) is 0 Å². The highest BCUT2D eigenvalue weighted by Crippen LogP contribution is 2.20. The van der Waals surface area contributed by atoms with Gasteiger partial charge in [0.2, 0.25) is 0 Å².